The van der Waals surface area contributed by atoms with Crippen LogP contribution in [0.15, 0.2) is 0 Å². The number of ether oxygens (including phenoxy) is 2. The van der Waals surface area contributed by atoms with Crippen molar-refractivity contribution in [2.24, 2.45) is 5.92 Å². The predicted octanol–water partition coefficient (Wildman–Crippen LogP) is 2.91. The second-order valence-corrected chi connectivity index (χ2v) is 6.68. The lowest BCUT2D eigenvalue weighted by Crippen LogP contribution is -2.28. The topological polar surface area (TPSA) is 93.1 Å². The third kappa shape index (κ3) is 6.77. The average molecular weight is 344 g/mol. The van der Waals surface area contributed by atoms with Gasteiger partial charge in [-0.1, -0.05) is 33.1 Å². The van der Waals surface area contributed by atoms with Gasteiger partial charge in [-0.2, -0.15) is 0 Å². The van der Waals surface area contributed by atoms with E-state index < -0.39 is 24.1 Å². The third-order valence-electron chi connectivity index (χ3n) is 4.72. The summed E-state index contributed by atoms with van der Waals surface area (Å²) < 4.78 is 11.3. The number of hydrogen-bond donors (Lipinski definition) is 2. The van der Waals surface area contributed by atoms with Gasteiger partial charge in [-0.3, -0.25) is 9.59 Å². The van der Waals surface area contributed by atoms with Crippen molar-refractivity contribution in [1.82, 2.24) is 0 Å². The van der Waals surface area contributed by atoms with Crippen molar-refractivity contribution < 1.29 is 29.3 Å². The molecule has 140 valence electrons. The molecule has 0 spiro atoms. The molecule has 0 saturated carbocycles. The van der Waals surface area contributed by atoms with Crippen LogP contribution < -0.4 is 0 Å². The Balaban J connectivity index is 2.59. The summed E-state index contributed by atoms with van der Waals surface area (Å²) in [7, 11) is 0. The summed E-state index contributed by atoms with van der Waals surface area (Å²) in [5.74, 6) is -1.60. The molecule has 0 aromatic heterocycles. The lowest BCUT2D eigenvalue weighted by atomic mass is 9.96. The molecule has 1 unspecified atom stereocenters. The Labute approximate surface area is 144 Å². The summed E-state index contributed by atoms with van der Waals surface area (Å²) in [4.78, 5) is 22.4. The van der Waals surface area contributed by atoms with E-state index >= 15 is 0 Å². The average Bonchev–Trinajstić information content (AvgIpc) is 2.90. The van der Waals surface area contributed by atoms with Crippen molar-refractivity contribution in [3.8, 4) is 0 Å². The maximum atomic E-state index is 11.3. The van der Waals surface area contributed by atoms with Crippen LogP contribution in [0.2, 0.25) is 0 Å². The quantitative estimate of drug-likeness (QED) is 0.442. The van der Waals surface area contributed by atoms with Gasteiger partial charge in [0.15, 0.2) is 0 Å². The molecule has 6 nitrogen and oxygen atoms in total. The van der Waals surface area contributed by atoms with E-state index in [0.29, 0.717) is 32.1 Å². The zero-order valence-corrected chi connectivity index (χ0v) is 15.1. The predicted molar refractivity (Wildman–Crippen MR) is 89.6 cm³/mol. The standard InChI is InChI=1S/C18H32O6/c1-4-6-7-8-14(20)16-11-17(23-12(3)19)15(24-16)10-9-13(5-2)18(21)22/h13-17,20H,4-11H2,1-3H3,(H,21,22)/t13?,14-,15+,16-,17-/m1/s1. The van der Waals surface area contributed by atoms with E-state index in [-0.39, 0.29) is 18.2 Å². The number of aliphatic carboxylic acids is 1. The van der Waals surface area contributed by atoms with Crippen LogP contribution >= 0.6 is 0 Å². The molecule has 0 aliphatic carbocycles. The van der Waals surface area contributed by atoms with Gasteiger partial charge in [0.25, 0.3) is 0 Å². The van der Waals surface area contributed by atoms with Crippen LogP contribution in [-0.4, -0.2) is 46.6 Å². The normalized spacial score (nSPS) is 26.1. The van der Waals surface area contributed by atoms with Crippen molar-refractivity contribution in [2.45, 2.75) is 96.6 Å². The first kappa shape index (κ1) is 20.9. The highest BCUT2D eigenvalue weighted by Crippen LogP contribution is 2.31. The SMILES string of the molecule is CCCCC[C@@H](O)[C@H]1C[C@@H](OC(C)=O)[C@H](CCC(CC)C(=O)O)O1. The van der Waals surface area contributed by atoms with Crippen LogP contribution in [0.1, 0.15) is 72.1 Å². The van der Waals surface area contributed by atoms with E-state index in [1.165, 1.54) is 6.92 Å². The minimum Gasteiger partial charge on any atom is -0.481 e. The molecular formula is C18H32O6. The minimum atomic E-state index is -0.810. The van der Waals surface area contributed by atoms with Gasteiger partial charge in [-0.05, 0) is 25.7 Å². The largest absolute Gasteiger partial charge is 0.481 e. The molecule has 0 radical (unpaired) electrons. The number of esters is 1. The Morgan fingerprint density at radius 2 is 1.96 bits per heavy atom. The molecule has 0 amide bonds. The number of rotatable bonds is 11. The van der Waals surface area contributed by atoms with Gasteiger partial charge >= 0.3 is 11.9 Å². The maximum Gasteiger partial charge on any atom is 0.306 e. The minimum absolute atomic E-state index is 0.340. The number of hydrogen-bond acceptors (Lipinski definition) is 5. The van der Waals surface area contributed by atoms with Gasteiger partial charge in [0.2, 0.25) is 0 Å². The van der Waals surface area contributed by atoms with Crippen molar-refractivity contribution in [1.29, 1.82) is 0 Å². The number of carboxylic acids is 1. The molecular weight excluding hydrogens is 312 g/mol. The van der Waals surface area contributed by atoms with Crippen LogP contribution in [0.4, 0.5) is 0 Å². The summed E-state index contributed by atoms with van der Waals surface area (Å²) in [5, 5.41) is 19.5. The van der Waals surface area contributed by atoms with E-state index in [0.717, 1.165) is 19.3 Å². The Hall–Kier alpha value is -1.14. The van der Waals surface area contributed by atoms with Crippen LogP contribution in [0, 0.1) is 5.92 Å². The molecule has 5 atom stereocenters. The van der Waals surface area contributed by atoms with Crippen LogP contribution in [0.25, 0.3) is 0 Å². The Kier molecular flexibility index (Phi) is 9.29. The van der Waals surface area contributed by atoms with Gasteiger partial charge in [0, 0.05) is 13.3 Å². The van der Waals surface area contributed by atoms with Crippen molar-refractivity contribution >= 4 is 11.9 Å². The molecule has 6 heteroatoms. The van der Waals surface area contributed by atoms with E-state index in [9.17, 15) is 14.7 Å². The lowest BCUT2D eigenvalue weighted by molar-refractivity contribution is -0.150. The molecule has 1 fully saturated rings. The van der Waals surface area contributed by atoms with Crippen LogP contribution in [0.5, 0.6) is 0 Å². The fourth-order valence-electron chi connectivity index (χ4n) is 3.24. The molecule has 1 rings (SSSR count). The van der Waals surface area contributed by atoms with Gasteiger partial charge in [-0.15, -0.1) is 0 Å². The van der Waals surface area contributed by atoms with Gasteiger partial charge < -0.3 is 19.7 Å². The summed E-state index contributed by atoms with van der Waals surface area (Å²) in [6.07, 6.45) is 4.14. The first-order valence-corrected chi connectivity index (χ1v) is 9.12. The fraction of sp³-hybridized carbons (Fsp3) is 0.889. The number of carboxylic acid groups (broad SMARTS) is 1. The summed E-state index contributed by atoms with van der Waals surface area (Å²) in [5.41, 5.74) is 0. The smallest absolute Gasteiger partial charge is 0.306 e. The van der Waals surface area contributed by atoms with Crippen LogP contribution in [-0.2, 0) is 19.1 Å². The van der Waals surface area contributed by atoms with E-state index in [1.807, 2.05) is 6.92 Å². The molecule has 1 aliphatic rings. The number of carbonyl (C=O) groups excluding carboxylic acids is 1. The molecule has 24 heavy (non-hydrogen) atoms. The van der Waals surface area contributed by atoms with Crippen molar-refractivity contribution in [3.63, 3.8) is 0 Å². The highest BCUT2D eigenvalue weighted by molar-refractivity contribution is 5.69. The fourth-order valence-corrected chi connectivity index (χ4v) is 3.24. The summed E-state index contributed by atoms with van der Waals surface area (Å²) in [6, 6.07) is 0. The third-order valence-corrected chi connectivity index (χ3v) is 4.72. The summed E-state index contributed by atoms with van der Waals surface area (Å²) >= 11 is 0. The lowest BCUT2D eigenvalue weighted by Gasteiger charge is -2.20. The Bertz CT molecular complexity index is 397. The van der Waals surface area contributed by atoms with Gasteiger partial charge in [0.05, 0.1) is 24.2 Å². The highest BCUT2D eigenvalue weighted by atomic mass is 16.6. The van der Waals surface area contributed by atoms with Gasteiger partial charge in [-0.25, -0.2) is 0 Å². The van der Waals surface area contributed by atoms with E-state index in [1.54, 1.807) is 0 Å². The molecule has 0 aromatic rings. The Morgan fingerprint density at radius 1 is 1.25 bits per heavy atom. The highest BCUT2D eigenvalue weighted by Gasteiger charge is 2.40. The number of aliphatic hydroxyl groups is 1. The zero-order chi connectivity index (χ0) is 18.1. The molecule has 0 aromatic carbocycles. The Morgan fingerprint density at radius 3 is 2.50 bits per heavy atom. The molecule has 0 bridgehead atoms. The molecule has 1 heterocycles. The molecule has 1 aliphatic heterocycles. The summed E-state index contributed by atoms with van der Waals surface area (Å²) in [6.45, 7) is 5.31. The van der Waals surface area contributed by atoms with Crippen molar-refractivity contribution in [2.75, 3.05) is 0 Å². The first-order valence-electron chi connectivity index (χ1n) is 9.12. The number of unbranched alkanes of at least 4 members (excludes halogenated alkanes) is 2. The molecule has 2 N–H and O–H groups in total. The molecule has 1 saturated heterocycles. The number of carbonyl (C=O) groups is 2. The van der Waals surface area contributed by atoms with Crippen molar-refractivity contribution in [3.05, 3.63) is 0 Å². The van der Waals surface area contributed by atoms with E-state index in [2.05, 4.69) is 6.92 Å². The van der Waals surface area contributed by atoms with Gasteiger partial charge in [0.1, 0.15) is 6.10 Å². The second-order valence-electron chi connectivity index (χ2n) is 6.68. The second kappa shape index (κ2) is 10.7. The number of aliphatic hydroxyl groups excluding tert-OH is 1. The monoisotopic (exact) mass is 344 g/mol. The van der Waals surface area contributed by atoms with Crippen LogP contribution in [0.3, 0.4) is 0 Å². The zero-order valence-electron chi connectivity index (χ0n) is 15.1. The first-order chi connectivity index (χ1) is 11.4. The van der Waals surface area contributed by atoms with E-state index in [4.69, 9.17) is 14.6 Å². The maximum absolute atomic E-state index is 11.3.